The molecule has 2 heterocycles. The Morgan fingerprint density at radius 2 is 2.22 bits per heavy atom. The van der Waals surface area contributed by atoms with E-state index in [0.29, 0.717) is 10.6 Å². The summed E-state index contributed by atoms with van der Waals surface area (Å²) < 4.78 is 9.20. The molecule has 1 saturated heterocycles. The maximum absolute atomic E-state index is 11.2. The van der Waals surface area contributed by atoms with Crippen molar-refractivity contribution in [3.8, 4) is 0 Å². The lowest BCUT2D eigenvalue weighted by Gasteiger charge is -2.26. The summed E-state index contributed by atoms with van der Waals surface area (Å²) in [7, 11) is 0. The van der Waals surface area contributed by atoms with Crippen LogP contribution < -0.4 is 16.8 Å². The third-order valence-corrected chi connectivity index (χ3v) is 3.60. The van der Waals surface area contributed by atoms with Crippen LogP contribution >= 0.6 is 11.5 Å². The number of amides is 1. The summed E-state index contributed by atoms with van der Waals surface area (Å²) in [6, 6.07) is 0. The Balaban J connectivity index is 1.84. The zero-order chi connectivity index (χ0) is 13.0. The minimum Gasteiger partial charge on any atom is -0.382 e. The van der Waals surface area contributed by atoms with Gasteiger partial charge >= 0.3 is 0 Å². The van der Waals surface area contributed by atoms with Crippen LogP contribution in [-0.2, 0) is 4.74 Å². The molecule has 0 radical (unpaired) electrons. The van der Waals surface area contributed by atoms with Gasteiger partial charge in [0.2, 0.25) is 0 Å². The van der Waals surface area contributed by atoms with Gasteiger partial charge in [0.05, 0.1) is 13.2 Å². The average molecular weight is 271 g/mol. The number of carbonyl (C=O) groups is 1. The third-order valence-electron chi connectivity index (χ3n) is 2.78. The number of nitrogens with two attached hydrogens (primary N) is 2. The van der Waals surface area contributed by atoms with Crippen molar-refractivity contribution in [2.24, 2.45) is 5.73 Å². The van der Waals surface area contributed by atoms with Gasteiger partial charge in [0, 0.05) is 26.2 Å². The van der Waals surface area contributed by atoms with Crippen molar-refractivity contribution < 1.29 is 9.53 Å². The number of nitrogens with one attached hydrogen (secondary N) is 1. The highest BCUT2D eigenvalue weighted by Gasteiger charge is 2.16. The van der Waals surface area contributed by atoms with Crippen LogP contribution in [0.4, 0.5) is 10.8 Å². The zero-order valence-electron chi connectivity index (χ0n) is 10.0. The van der Waals surface area contributed by atoms with Crippen molar-refractivity contribution >= 4 is 28.3 Å². The Labute approximate surface area is 109 Å². The number of rotatable bonds is 5. The van der Waals surface area contributed by atoms with Crippen LogP contribution in [0.3, 0.4) is 0 Å². The average Bonchev–Trinajstić information content (AvgIpc) is 2.72. The molecule has 0 aliphatic carbocycles. The van der Waals surface area contributed by atoms with E-state index in [-0.39, 0.29) is 5.82 Å². The minimum absolute atomic E-state index is 0.196. The van der Waals surface area contributed by atoms with Crippen molar-refractivity contribution in [2.75, 3.05) is 50.4 Å². The van der Waals surface area contributed by atoms with Crippen LogP contribution in [0.15, 0.2) is 0 Å². The number of carbonyl (C=O) groups excluding carboxylic acids is 1. The minimum atomic E-state index is -0.546. The number of aromatic nitrogens is 1. The van der Waals surface area contributed by atoms with Crippen LogP contribution in [0.25, 0.3) is 0 Å². The summed E-state index contributed by atoms with van der Waals surface area (Å²) in [5.41, 5.74) is 11.1. The molecular formula is C10H17N5O2S. The smallest absolute Gasteiger partial charge is 0.255 e. The van der Waals surface area contributed by atoms with E-state index in [0.717, 1.165) is 50.9 Å². The van der Waals surface area contributed by atoms with Crippen LogP contribution in [0, 0.1) is 0 Å². The molecule has 5 N–H and O–H groups in total. The van der Waals surface area contributed by atoms with Crippen LogP contribution in [0.2, 0.25) is 0 Å². The second kappa shape index (κ2) is 5.98. The fraction of sp³-hybridized carbons (Fsp3) is 0.600. The molecule has 0 bridgehead atoms. The molecule has 7 nitrogen and oxygen atoms in total. The normalized spacial score (nSPS) is 16.7. The molecule has 0 atom stereocenters. The maximum Gasteiger partial charge on any atom is 0.255 e. The van der Waals surface area contributed by atoms with E-state index in [1.165, 1.54) is 0 Å². The summed E-state index contributed by atoms with van der Waals surface area (Å²) in [5, 5.41) is 3.80. The number of anilines is 2. The molecule has 1 aliphatic rings. The first kappa shape index (κ1) is 13.1. The Morgan fingerprint density at radius 3 is 2.89 bits per heavy atom. The second-order valence-electron chi connectivity index (χ2n) is 4.02. The molecule has 1 aromatic rings. The number of hydrogen-bond donors (Lipinski definition) is 3. The number of nitrogens with zero attached hydrogens (tertiary/aromatic N) is 2. The third kappa shape index (κ3) is 3.09. The summed E-state index contributed by atoms with van der Waals surface area (Å²) in [6.45, 7) is 5.05. The number of primary amides is 1. The van der Waals surface area contributed by atoms with Crippen molar-refractivity contribution in [3.05, 3.63) is 5.56 Å². The summed E-state index contributed by atoms with van der Waals surface area (Å²) in [6.07, 6.45) is 0. The number of nitrogen functional groups attached to an aromatic ring is 1. The van der Waals surface area contributed by atoms with Gasteiger partial charge in [-0.2, -0.15) is 4.37 Å². The predicted octanol–water partition coefficient (Wildman–Crippen LogP) is -0.432. The van der Waals surface area contributed by atoms with Gasteiger partial charge in [-0.3, -0.25) is 9.69 Å². The quantitative estimate of drug-likeness (QED) is 0.671. The van der Waals surface area contributed by atoms with Gasteiger partial charge in [0.25, 0.3) is 5.91 Å². The van der Waals surface area contributed by atoms with Gasteiger partial charge in [-0.25, -0.2) is 0 Å². The first-order valence-electron chi connectivity index (χ1n) is 5.77. The van der Waals surface area contributed by atoms with Gasteiger partial charge in [0.15, 0.2) is 5.82 Å². The lowest BCUT2D eigenvalue weighted by Crippen LogP contribution is -2.39. The molecule has 0 unspecified atom stereocenters. The van der Waals surface area contributed by atoms with Crippen LogP contribution in [0.1, 0.15) is 10.4 Å². The predicted molar refractivity (Wildman–Crippen MR) is 70.8 cm³/mol. The largest absolute Gasteiger partial charge is 0.382 e. The number of hydrogen-bond acceptors (Lipinski definition) is 7. The lowest BCUT2D eigenvalue weighted by atomic mass is 10.3. The van der Waals surface area contributed by atoms with Crippen molar-refractivity contribution in [3.63, 3.8) is 0 Å². The molecule has 0 aromatic carbocycles. The van der Waals surface area contributed by atoms with E-state index in [1.54, 1.807) is 0 Å². The maximum atomic E-state index is 11.2. The van der Waals surface area contributed by atoms with Gasteiger partial charge in [0.1, 0.15) is 10.6 Å². The number of ether oxygens (including phenoxy) is 1. The van der Waals surface area contributed by atoms with Crippen molar-refractivity contribution in [2.45, 2.75) is 0 Å². The monoisotopic (exact) mass is 271 g/mol. The first-order chi connectivity index (χ1) is 8.68. The van der Waals surface area contributed by atoms with Crippen molar-refractivity contribution in [1.29, 1.82) is 0 Å². The molecule has 18 heavy (non-hydrogen) atoms. The summed E-state index contributed by atoms with van der Waals surface area (Å²) in [4.78, 5) is 13.5. The van der Waals surface area contributed by atoms with E-state index in [2.05, 4.69) is 14.6 Å². The molecule has 1 aromatic heterocycles. The Bertz CT molecular complexity index is 416. The zero-order valence-corrected chi connectivity index (χ0v) is 10.8. The van der Waals surface area contributed by atoms with E-state index >= 15 is 0 Å². The van der Waals surface area contributed by atoms with Gasteiger partial charge < -0.3 is 21.5 Å². The second-order valence-corrected chi connectivity index (χ2v) is 4.79. The van der Waals surface area contributed by atoms with Gasteiger partial charge in [-0.05, 0) is 11.5 Å². The Kier molecular flexibility index (Phi) is 4.34. The highest BCUT2D eigenvalue weighted by Crippen LogP contribution is 2.25. The SMILES string of the molecule is NC(=O)c1c(N)nsc1NCCN1CCOCC1. The van der Waals surface area contributed by atoms with E-state index in [9.17, 15) is 4.79 Å². The molecule has 0 spiro atoms. The highest BCUT2D eigenvalue weighted by atomic mass is 32.1. The summed E-state index contributed by atoms with van der Waals surface area (Å²) >= 11 is 1.16. The molecule has 8 heteroatoms. The van der Waals surface area contributed by atoms with Crippen molar-refractivity contribution in [1.82, 2.24) is 9.27 Å². The Hall–Kier alpha value is -1.38. The molecule has 100 valence electrons. The van der Waals surface area contributed by atoms with E-state index < -0.39 is 5.91 Å². The van der Waals surface area contributed by atoms with Crippen LogP contribution in [-0.4, -0.2) is 54.6 Å². The van der Waals surface area contributed by atoms with Crippen LogP contribution in [0.5, 0.6) is 0 Å². The molecule has 1 fully saturated rings. The standard InChI is InChI=1S/C10H17N5O2S/c11-8-7(9(12)16)10(18-14-8)13-1-2-15-3-5-17-6-4-15/h13H,1-6H2,(H2,11,14)(H2,12,16). The van der Waals surface area contributed by atoms with E-state index in [1.807, 2.05) is 0 Å². The Morgan fingerprint density at radius 1 is 1.50 bits per heavy atom. The van der Waals surface area contributed by atoms with Gasteiger partial charge in [-0.15, -0.1) is 0 Å². The number of morpholine rings is 1. The topological polar surface area (TPSA) is 106 Å². The molecule has 1 amide bonds. The lowest BCUT2D eigenvalue weighted by molar-refractivity contribution is 0.0398. The molecule has 1 aliphatic heterocycles. The van der Waals surface area contributed by atoms with Gasteiger partial charge in [-0.1, -0.05) is 0 Å². The van der Waals surface area contributed by atoms with E-state index in [4.69, 9.17) is 16.2 Å². The first-order valence-corrected chi connectivity index (χ1v) is 6.54. The summed E-state index contributed by atoms with van der Waals surface area (Å²) in [5.74, 6) is -0.350. The molecule has 2 rings (SSSR count). The highest BCUT2D eigenvalue weighted by molar-refractivity contribution is 7.11. The molecular weight excluding hydrogens is 254 g/mol. The fourth-order valence-corrected chi connectivity index (χ4v) is 2.56. The molecule has 0 saturated carbocycles. The fourth-order valence-electron chi connectivity index (χ4n) is 1.81.